The van der Waals surface area contributed by atoms with Crippen molar-refractivity contribution in [1.82, 2.24) is 9.44 Å². The minimum Gasteiger partial charge on any atom is -0.464 e. The molecule has 2 aromatic rings. The van der Waals surface area contributed by atoms with Crippen LogP contribution in [0.4, 0.5) is 0 Å². The van der Waals surface area contributed by atoms with E-state index in [1.54, 1.807) is 62.4 Å². The van der Waals surface area contributed by atoms with Gasteiger partial charge >= 0.3 is 11.9 Å². The number of cyclic esters (lactones) is 2. The second-order valence-electron chi connectivity index (χ2n) is 10.4. The maximum absolute atomic E-state index is 13.0. The molecule has 4 atom stereocenters. The van der Waals surface area contributed by atoms with Gasteiger partial charge in [0.05, 0.1) is 34.7 Å². The molecule has 10 nitrogen and oxygen atoms in total. The molecule has 2 N–H and O–H groups in total. The average molecular weight is 619 g/mol. The predicted octanol–water partition coefficient (Wildman–Crippen LogP) is 3.56. The molecule has 42 heavy (non-hydrogen) atoms. The van der Waals surface area contributed by atoms with Crippen molar-refractivity contribution in [2.45, 2.75) is 62.4 Å². The Balaban J connectivity index is 1.76. The molecule has 0 aromatic heterocycles. The van der Waals surface area contributed by atoms with E-state index in [-0.39, 0.29) is 35.8 Å². The summed E-state index contributed by atoms with van der Waals surface area (Å²) in [6.07, 6.45) is 6.13. The molecule has 0 bridgehead atoms. The molecule has 0 fully saturated rings. The molecule has 0 spiro atoms. The van der Waals surface area contributed by atoms with Crippen molar-refractivity contribution in [3.05, 3.63) is 84.0 Å². The van der Waals surface area contributed by atoms with Crippen molar-refractivity contribution in [3.8, 4) is 0 Å². The standard InChI is InChI=1S/C30H38N2O8S2/c1-21-11-15-25(16-12-21)41(35,36)31-27-19-39-29(33)10-6-8-24(4)28(20-40-30(34)9-5-7-23(27)3)32-42(37,38)26-17-13-22(2)14-18-26/h5-8,11-18,23-24,27-28,31-32H,9-10,19-20H2,1-4H3/b7-5-,8-6+/t23-,24+,27-,28-/m0/s1. The number of hydrogen-bond acceptors (Lipinski definition) is 8. The van der Waals surface area contributed by atoms with E-state index in [1.807, 2.05) is 13.8 Å². The highest BCUT2D eigenvalue weighted by atomic mass is 32.2. The van der Waals surface area contributed by atoms with Crippen LogP contribution in [0, 0.1) is 25.7 Å². The van der Waals surface area contributed by atoms with Crippen LogP contribution in [0.15, 0.2) is 82.6 Å². The first-order chi connectivity index (χ1) is 19.8. The average Bonchev–Trinajstić information content (AvgIpc) is 2.93. The third-order valence-electron chi connectivity index (χ3n) is 6.84. The van der Waals surface area contributed by atoms with Gasteiger partial charge < -0.3 is 9.47 Å². The Morgan fingerprint density at radius 3 is 1.29 bits per heavy atom. The van der Waals surface area contributed by atoms with Crippen molar-refractivity contribution < 1.29 is 35.9 Å². The molecule has 0 aliphatic carbocycles. The number of aryl methyl sites for hydroxylation is 2. The zero-order chi connectivity index (χ0) is 30.9. The fraction of sp³-hybridized carbons (Fsp3) is 0.400. The summed E-state index contributed by atoms with van der Waals surface area (Å²) in [5.41, 5.74) is 1.82. The molecule has 1 aliphatic heterocycles. The zero-order valence-electron chi connectivity index (χ0n) is 24.1. The summed E-state index contributed by atoms with van der Waals surface area (Å²) in [6.45, 7) is 6.70. The Kier molecular flexibility index (Phi) is 11.6. The number of sulfonamides is 2. The van der Waals surface area contributed by atoms with Crippen LogP contribution in [0.5, 0.6) is 0 Å². The molecule has 0 saturated heterocycles. The fourth-order valence-electron chi connectivity index (χ4n) is 4.07. The van der Waals surface area contributed by atoms with Crippen molar-refractivity contribution >= 4 is 32.0 Å². The van der Waals surface area contributed by atoms with Crippen molar-refractivity contribution in [2.24, 2.45) is 11.8 Å². The topological polar surface area (TPSA) is 145 Å². The van der Waals surface area contributed by atoms with Gasteiger partial charge in [-0.05, 0) is 49.9 Å². The van der Waals surface area contributed by atoms with E-state index in [9.17, 15) is 26.4 Å². The van der Waals surface area contributed by atoms with E-state index in [4.69, 9.17) is 9.47 Å². The summed E-state index contributed by atoms with van der Waals surface area (Å²) in [5.74, 6) is -2.07. The number of ether oxygens (including phenoxy) is 2. The fourth-order valence-corrected chi connectivity index (χ4v) is 6.69. The van der Waals surface area contributed by atoms with Crippen LogP contribution in [-0.4, -0.2) is 54.1 Å². The smallest absolute Gasteiger partial charge is 0.309 e. The van der Waals surface area contributed by atoms with E-state index in [0.29, 0.717) is 0 Å². The second-order valence-corrected chi connectivity index (χ2v) is 13.9. The van der Waals surface area contributed by atoms with Crippen LogP contribution in [0.1, 0.15) is 37.8 Å². The van der Waals surface area contributed by atoms with Crippen LogP contribution >= 0.6 is 0 Å². The molecule has 228 valence electrons. The summed E-state index contributed by atoms with van der Waals surface area (Å²) in [4.78, 5) is 25.2. The number of carbonyl (C=O) groups is 2. The van der Waals surface area contributed by atoms with Crippen molar-refractivity contribution in [1.29, 1.82) is 0 Å². The highest BCUT2D eigenvalue weighted by Gasteiger charge is 2.27. The van der Waals surface area contributed by atoms with Crippen molar-refractivity contribution in [3.63, 3.8) is 0 Å². The van der Waals surface area contributed by atoms with Crippen LogP contribution in [0.2, 0.25) is 0 Å². The molecule has 12 heteroatoms. The number of esters is 2. The summed E-state index contributed by atoms with van der Waals surface area (Å²) >= 11 is 0. The Morgan fingerprint density at radius 1 is 0.619 bits per heavy atom. The van der Waals surface area contributed by atoms with Gasteiger partial charge in [-0.3, -0.25) is 9.59 Å². The van der Waals surface area contributed by atoms with E-state index in [0.717, 1.165) is 11.1 Å². The van der Waals surface area contributed by atoms with Crippen molar-refractivity contribution in [2.75, 3.05) is 13.2 Å². The van der Waals surface area contributed by atoms with E-state index in [1.165, 1.54) is 24.3 Å². The van der Waals surface area contributed by atoms with Gasteiger partial charge in [0, 0.05) is 0 Å². The summed E-state index contributed by atoms with van der Waals surface area (Å²) in [6, 6.07) is 11.1. The lowest BCUT2D eigenvalue weighted by molar-refractivity contribution is -0.144. The molecule has 0 radical (unpaired) electrons. The zero-order valence-corrected chi connectivity index (χ0v) is 25.8. The molecule has 0 saturated carbocycles. The first-order valence-electron chi connectivity index (χ1n) is 13.6. The minimum absolute atomic E-state index is 0.0794. The Bertz CT molecular complexity index is 1380. The van der Waals surface area contributed by atoms with Gasteiger partial charge in [0.25, 0.3) is 0 Å². The van der Waals surface area contributed by atoms with Gasteiger partial charge in [0.15, 0.2) is 0 Å². The summed E-state index contributed by atoms with van der Waals surface area (Å²) < 4.78 is 68.1. The van der Waals surface area contributed by atoms with Gasteiger partial charge in [-0.2, -0.15) is 0 Å². The van der Waals surface area contributed by atoms with Gasteiger partial charge in [-0.25, -0.2) is 26.3 Å². The number of carbonyl (C=O) groups excluding carboxylic acids is 2. The van der Waals surface area contributed by atoms with Gasteiger partial charge in [0.1, 0.15) is 13.2 Å². The molecule has 3 rings (SSSR count). The van der Waals surface area contributed by atoms with Gasteiger partial charge in [-0.1, -0.05) is 73.5 Å². The number of rotatable bonds is 6. The Hall–Kier alpha value is -3.32. The Morgan fingerprint density at radius 2 is 0.952 bits per heavy atom. The first kappa shape index (κ1) is 33.2. The normalized spacial score (nSPS) is 24.8. The maximum atomic E-state index is 13.0. The number of benzene rings is 2. The lowest BCUT2D eigenvalue weighted by atomic mass is 10.0. The van der Waals surface area contributed by atoms with Crippen LogP contribution in [0.25, 0.3) is 0 Å². The van der Waals surface area contributed by atoms with Gasteiger partial charge in [-0.15, -0.1) is 0 Å². The van der Waals surface area contributed by atoms with Crippen LogP contribution in [0.3, 0.4) is 0 Å². The third kappa shape index (κ3) is 9.90. The minimum atomic E-state index is -3.91. The molecule has 1 aliphatic rings. The molecule has 2 aromatic carbocycles. The molecular formula is C30H38N2O8S2. The number of nitrogens with one attached hydrogen (secondary N) is 2. The van der Waals surface area contributed by atoms with E-state index in [2.05, 4.69) is 9.44 Å². The van der Waals surface area contributed by atoms with Crippen LogP contribution < -0.4 is 9.44 Å². The lowest BCUT2D eigenvalue weighted by Crippen LogP contribution is -2.43. The second kappa shape index (κ2) is 14.7. The lowest BCUT2D eigenvalue weighted by Gasteiger charge is -2.24. The third-order valence-corrected chi connectivity index (χ3v) is 9.85. The monoisotopic (exact) mass is 618 g/mol. The number of hydrogen-bond donors (Lipinski definition) is 2. The molecule has 0 amide bonds. The SMILES string of the molecule is Cc1ccc(S(=O)(=O)N[C@H]2COC(=O)C/C=C\[C@H](C)[C@@H](NS(=O)(=O)c3ccc(C)cc3)COC(=O)C/C=C/[C@H]2C)cc1. The first-order valence-corrected chi connectivity index (χ1v) is 16.6. The van der Waals surface area contributed by atoms with Crippen LogP contribution in [-0.2, 0) is 39.1 Å². The molecule has 0 unspecified atom stereocenters. The largest absolute Gasteiger partial charge is 0.464 e. The predicted molar refractivity (Wildman–Crippen MR) is 158 cm³/mol. The molecule has 1 heterocycles. The van der Waals surface area contributed by atoms with E-state index >= 15 is 0 Å². The maximum Gasteiger partial charge on any atom is 0.309 e. The molecular weight excluding hydrogens is 580 g/mol. The highest BCUT2D eigenvalue weighted by Crippen LogP contribution is 2.17. The quantitative estimate of drug-likeness (QED) is 0.369. The summed E-state index contributed by atoms with van der Waals surface area (Å²) in [5, 5.41) is 0. The van der Waals surface area contributed by atoms with E-state index < -0.39 is 55.9 Å². The highest BCUT2D eigenvalue weighted by molar-refractivity contribution is 7.89. The Labute approximate surface area is 248 Å². The van der Waals surface area contributed by atoms with Gasteiger partial charge in [0.2, 0.25) is 20.0 Å². The summed E-state index contributed by atoms with van der Waals surface area (Å²) in [7, 11) is -7.83.